The summed E-state index contributed by atoms with van der Waals surface area (Å²) in [5.74, 6) is 0.568. The first-order valence-corrected chi connectivity index (χ1v) is 6.77. The van der Waals surface area contributed by atoms with Gasteiger partial charge in [0.25, 0.3) is 0 Å². The predicted octanol–water partition coefficient (Wildman–Crippen LogP) is 1.83. The van der Waals surface area contributed by atoms with Crippen molar-refractivity contribution in [2.45, 2.75) is 26.8 Å². The number of likely N-dealkylation sites (tertiary alicyclic amines) is 1. The number of aryl methyl sites for hydroxylation is 1. The highest BCUT2D eigenvalue weighted by Gasteiger charge is 2.33. The summed E-state index contributed by atoms with van der Waals surface area (Å²) >= 11 is 5.71. The van der Waals surface area contributed by atoms with Crippen LogP contribution in [0.3, 0.4) is 0 Å². The summed E-state index contributed by atoms with van der Waals surface area (Å²) in [4.78, 5) is 17.7. The summed E-state index contributed by atoms with van der Waals surface area (Å²) < 4.78 is 5.35. The number of hydrogen-bond acceptors (Lipinski definition) is 5. The maximum atomic E-state index is 12.0. The van der Waals surface area contributed by atoms with E-state index in [0.29, 0.717) is 11.3 Å². The molecule has 0 radical (unpaired) electrons. The lowest BCUT2D eigenvalue weighted by atomic mass is 10.1. The summed E-state index contributed by atoms with van der Waals surface area (Å²) in [7, 11) is 1.59. The fourth-order valence-electron chi connectivity index (χ4n) is 2.36. The number of nitrogens with one attached hydrogen (secondary N) is 1. The van der Waals surface area contributed by atoms with Gasteiger partial charge >= 0.3 is 0 Å². The van der Waals surface area contributed by atoms with Crippen molar-refractivity contribution >= 4 is 23.3 Å². The smallest absolute Gasteiger partial charge is 0.233 e. The number of ether oxygens (including phenoxy) is 1. The molecule has 1 aromatic heterocycles. The van der Waals surface area contributed by atoms with Gasteiger partial charge in [-0.3, -0.25) is 20.1 Å². The molecule has 3 N–H and O–H groups in total. The molecule has 0 aliphatic carbocycles. The molecule has 7 heteroatoms. The van der Waals surface area contributed by atoms with Crippen molar-refractivity contribution in [3.8, 4) is 5.75 Å². The van der Waals surface area contributed by atoms with Crippen LogP contribution in [0.4, 0.5) is 0 Å². The van der Waals surface area contributed by atoms with Crippen LogP contribution in [0.2, 0.25) is 0 Å². The third kappa shape index (κ3) is 2.71. The van der Waals surface area contributed by atoms with Crippen molar-refractivity contribution in [2.24, 2.45) is 5.73 Å². The first kappa shape index (κ1) is 15.3. The third-order valence-electron chi connectivity index (χ3n) is 3.53. The zero-order chi connectivity index (χ0) is 15.7. The number of aromatic nitrogens is 1. The number of carbonyl (C=O) groups is 1. The van der Waals surface area contributed by atoms with E-state index in [9.17, 15) is 4.79 Å². The van der Waals surface area contributed by atoms with Crippen molar-refractivity contribution in [2.75, 3.05) is 7.11 Å². The van der Waals surface area contributed by atoms with E-state index in [0.717, 1.165) is 16.9 Å². The highest BCUT2D eigenvalue weighted by Crippen LogP contribution is 2.28. The molecule has 0 atom stereocenters. The molecular weight excluding hydrogens is 292 g/mol. The summed E-state index contributed by atoms with van der Waals surface area (Å²) in [6.07, 6.45) is 1.74. The van der Waals surface area contributed by atoms with Crippen LogP contribution in [0.15, 0.2) is 16.9 Å². The Morgan fingerprint density at radius 3 is 2.76 bits per heavy atom. The maximum absolute atomic E-state index is 12.0. The van der Waals surface area contributed by atoms with Gasteiger partial charge in [0.1, 0.15) is 16.7 Å². The first-order chi connectivity index (χ1) is 9.86. The highest BCUT2D eigenvalue weighted by molar-refractivity contribution is 6.33. The van der Waals surface area contributed by atoms with Crippen molar-refractivity contribution in [1.82, 2.24) is 9.88 Å². The maximum Gasteiger partial charge on any atom is 0.233 e. The zero-order valence-corrected chi connectivity index (χ0v) is 12.9. The molecule has 6 nitrogen and oxygen atoms in total. The first-order valence-electron chi connectivity index (χ1n) is 6.39. The molecule has 0 saturated carbocycles. The van der Waals surface area contributed by atoms with E-state index in [1.807, 2.05) is 13.8 Å². The lowest BCUT2D eigenvalue weighted by molar-refractivity contribution is -0.125. The van der Waals surface area contributed by atoms with Gasteiger partial charge in [-0.2, -0.15) is 0 Å². The molecule has 0 unspecified atom stereocenters. The lowest BCUT2D eigenvalue weighted by Gasteiger charge is -2.18. The summed E-state index contributed by atoms with van der Waals surface area (Å²) in [6.45, 7) is 3.99. The molecule has 1 fully saturated rings. The van der Waals surface area contributed by atoms with Gasteiger partial charge in [0, 0.05) is 22.9 Å². The van der Waals surface area contributed by atoms with Crippen LogP contribution < -0.4 is 10.5 Å². The SMILES string of the molecule is COc1c(C)cnc(CN2C(=N)/C(=C(\N)Cl)CC2=O)c1C. The van der Waals surface area contributed by atoms with Gasteiger partial charge < -0.3 is 10.5 Å². The second kappa shape index (κ2) is 5.73. The fourth-order valence-corrected chi connectivity index (χ4v) is 2.52. The standard InChI is InChI=1S/C14H17ClN4O2/c1-7-5-18-10(8(2)12(7)21-3)6-19-11(20)4-9(13(15)16)14(19)17/h5,17H,4,6,16H2,1-3H3/b13-9-,17-14?. The number of nitrogens with two attached hydrogens (primary N) is 1. The molecule has 112 valence electrons. The van der Waals surface area contributed by atoms with Crippen LogP contribution >= 0.6 is 11.6 Å². The van der Waals surface area contributed by atoms with Gasteiger partial charge in [-0.25, -0.2) is 0 Å². The second-order valence-electron chi connectivity index (χ2n) is 4.88. The van der Waals surface area contributed by atoms with Crippen molar-refractivity contribution < 1.29 is 9.53 Å². The Balaban J connectivity index is 2.33. The molecule has 0 spiro atoms. The van der Waals surface area contributed by atoms with Crippen LogP contribution in [-0.2, 0) is 11.3 Å². The number of nitrogens with zero attached hydrogens (tertiary/aromatic N) is 2. The van der Waals surface area contributed by atoms with Gasteiger partial charge in [-0.1, -0.05) is 11.6 Å². The minimum absolute atomic E-state index is 0.0120. The molecule has 0 bridgehead atoms. The second-order valence-corrected chi connectivity index (χ2v) is 5.29. The van der Waals surface area contributed by atoms with E-state index < -0.39 is 0 Å². The molecule has 1 amide bonds. The Morgan fingerprint density at radius 2 is 2.24 bits per heavy atom. The van der Waals surface area contributed by atoms with Crippen molar-refractivity contribution in [1.29, 1.82) is 5.41 Å². The molecule has 1 aliphatic heterocycles. The number of hydrogen-bond donors (Lipinski definition) is 2. The van der Waals surface area contributed by atoms with E-state index in [4.69, 9.17) is 27.5 Å². The molecule has 1 aromatic rings. The molecular formula is C14H17ClN4O2. The van der Waals surface area contributed by atoms with Gasteiger partial charge in [-0.05, 0) is 13.8 Å². The number of carbonyl (C=O) groups excluding carboxylic acids is 1. The van der Waals surface area contributed by atoms with Crippen LogP contribution in [0.5, 0.6) is 5.75 Å². The minimum atomic E-state index is -0.209. The molecule has 0 aromatic carbocycles. The van der Waals surface area contributed by atoms with Crippen LogP contribution in [0.25, 0.3) is 0 Å². The number of pyridine rings is 1. The monoisotopic (exact) mass is 308 g/mol. The van der Waals surface area contributed by atoms with E-state index in [1.165, 1.54) is 4.90 Å². The number of amidine groups is 1. The average Bonchev–Trinajstić information content (AvgIpc) is 2.70. The van der Waals surface area contributed by atoms with Crippen LogP contribution in [-0.4, -0.2) is 28.7 Å². The van der Waals surface area contributed by atoms with E-state index >= 15 is 0 Å². The van der Waals surface area contributed by atoms with Crippen molar-refractivity contribution in [3.63, 3.8) is 0 Å². The molecule has 21 heavy (non-hydrogen) atoms. The Bertz CT molecular complexity index is 651. The topological polar surface area (TPSA) is 92.3 Å². The minimum Gasteiger partial charge on any atom is -0.496 e. The third-order valence-corrected chi connectivity index (χ3v) is 3.76. The van der Waals surface area contributed by atoms with Crippen LogP contribution in [0.1, 0.15) is 23.2 Å². The molecule has 1 aliphatic rings. The van der Waals surface area contributed by atoms with Gasteiger partial charge in [0.05, 0.1) is 25.8 Å². The summed E-state index contributed by atoms with van der Waals surface area (Å²) in [5, 5.41) is 8.00. The fraction of sp³-hybridized carbons (Fsp3) is 0.357. The van der Waals surface area contributed by atoms with Crippen molar-refractivity contribution in [3.05, 3.63) is 33.7 Å². The highest BCUT2D eigenvalue weighted by atomic mass is 35.5. The van der Waals surface area contributed by atoms with E-state index in [-0.39, 0.29) is 29.9 Å². The average molecular weight is 309 g/mol. The zero-order valence-electron chi connectivity index (χ0n) is 12.2. The predicted molar refractivity (Wildman–Crippen MR) is 80.2 cm³/mol. The Kier molecular flexibility index (Phi) is 4.18. The quantitative estimate of drug-likeness (QED) is 0.833. The Labute approximate surface area is 128 Å². The van der Waals surface area contributed by atoms with Gasteiger partial charge in [-0.15, -0.1) is 0 Å². The lowest BCUT2D eigenvalue weighted by Crippen LogP contribution is -2.29. The summed E-state index contributed by atoms with van der Waals surface area (Å²) in [5.41, 5.74) is 8.32. The number of methoxy groups -OCH3 is 1. The number of halogens is 1. The van der Waals surface area contributed by atoms with E-state index in [1.54, 1.807) is 13.3 Å². The largest absolute Gasteiger partial charge is 0.496 e. The Morgan fingerprint density at radius 1 is 1.57 bits per heavy atom. The Hall–Kier alpha value is -2.08. The van der Waals surface area contributed by atoms with Gasteiger partial charge in [0.2, 0.25) is 5.91 Å². The van der Waals surface area contributed by atoms with Crippen LogP contribution in [0, 0.1) is 19.3 Å². The normalized spacial score (nSPS) is 17.4. The van der Waals surface area contributed by atoms with E-state index in [2.05, 4.69) is 4.98 Å². The molecule has 2 heterocycles. The number of rotatable bonds is 3. The van der Waals surface area contributed by atoms with Gasteiger partial charge in [0.15, 0.2) is 0 Å². The number of amides is 1. The summed E-state index contributed by atoms with van der Waals surface area (Å²) in [6, 6.07) is 0. The molecule has 1 saturated heterocycles. The molecule has 2 rings (SSSR count).